The van der Waals surface area contributed by atoms with Crippen LogP contribution < -0.4 is 5.32 Å². The lowest BCUT2D eigenvalue weighted by molar-refractivity contribution is 0.0278. The molecule has 2 saturated heterocycles. The van der Waals surface area contributed by atoms with Crippen molar-refractivity contribution in [3.8, 4) is 0 Å². The standard InChI is InChI=1S/C15H21FN2/c1-15(2,11-6-4-3-5-7-11)18-12-8-13(16)14(18)10-17-9-12/h3-7,12-14,17H,8-10H2,1-2H3. The molecule has 3 unspecified atom stereocenters. The molecule has 1 N–H and O–H groups in total. The lowest BCUT2D eigenvalue weighted by atomic mass is 9.90. The first-order chi connectivity index (χ1) is 8.60. The summed E-state index contributed by atoms with van der Waals surface area (Å²) >= 11 is 0. The van der Waals surface area contributed by atoms with Crippen LogP contribution in [-0.2, 0) is 5.54 Å². The van der Waals surface area contributed by atoms with E-state index in [1.54, 1.807) is 0 Å². The Labute approximate surface area is 108 Å². The maximum Gasteiger partial charge on any atom is 0.118 e. The van der Waals surface area contributed by atoms with Crippen LogP contribution in [0.5, 0.6) is 0 Å². The Balaban J connectivity index is 1.94. The summed E-state index contributed by atoms with van der Waals surface area (Å²) in [4.78, 5) is 2.39. The largest absolute Gasteiger partial charge is 0.314 e. The first-order valence-corrected chi connectivity index (χ1v) is 6.79. The van der Waals surface area contributed by atoms with Gasteiger partial charge in [-0.1, -0.05) is 30.3 Å². The quantitative estimate of drug-likeness (QED) is 0.864. The zero-order chi connectivity index (χ0) is 12.8. The number of benzene rings is 1. The highest BCUT2D eigenvalue weighted by Crippen LogP contribution is 2.40. The number of piperazine rings is 1. The lowest BCUT2D eigenvalue weighted by Gasteiger charge is -2.46. The molecule has 0 radical (unpaired) electrons. The SMILES string of the molecule is CC(C)(c1ccccc1)N1C2CNCC1C(F)C2. The van der Waals surface area contributed by atoms with Crippen LogP contribution in [0.4, 0.5) is 4.39 Å². The summed E-state index contributed by atoms with van der Waals surface area (Å²) in [6.45, 7) is 6.11. The minimum atomic E-state index is -0.687. The van der Waals surface area contributed by atoms with Crippen LogP contribution >= 0.6 is 0 Å². The number of nitrogens with zero attached hydrogens (tertiary/aromatic N) is 1. The van der Waals surface area contributed by atoms with Gasteiger partial charge in [-0.2, -0.15) is 0 Å². The molecule has 18 heavy (non-hydrogen) atoms. The topological polar surface area (TPSA) is 15.3 Å². The molecule has 0 saturated carbocycles. The van der Waals surface area contributed by atoms with Gasteiger partial charge >= 0.3 is 0 Å². The monoisotopic (exact) mass is 248 g/mol. The van der Waals surface area contributed by atoms with E-state index < -0.39 is 6.17 Å². The van der Waals surface area contributed by atoms with Crippen molar-refractivity contribution >= 4 is 0 Å². The molecule has 3 atom stereocenters. The van der Waals surface area contributed by atoms with E-state index in [0.29, 0.717) is 12.5 Å². The van der Waals surface area contributed by atoms with E-state index in [4.69, 9.17) is 0 Å². The maximum atomic E-state index is 14.1. The molecule has 0 amide bonds. The first-order valence-electron chi connectivity index (χ1n) is 6.79. The van der Waals surface area contributed by atoms with Crippen molar-refractivity contribution in [1.29, 1.82) is 0 Å². The van der Waals surface area contributed by atoms with Gasteiger partial charge < -0.3 is 5.32 Å². The number of hydrogen-bond acceptors (Lipinski definition) is 2. The normalized spacial score (nSPS) is 32.7. The molecule has 1 aromatic carbocycles. The number of fused-ring (bicyclic) bond motifs is 2. The molecule has 98 valence electrons. The van der Waals surface area contributed by atoms with E-state index in [-0.39, 0.29) is 11.6 Å². The summed E-state index contributed by atoms with van der Waals surface area (Å²) in [6, 6.07) is 10.8. The van der Waals surface area contributed by atoms with Gasteiger partial charge in [-0.15, -0.1) is 0 Å². The average molecular weight is 248 g/mol. The van der Waals surface area contributed by atoms with Crippen molar-refractivity contribution in [1.82, 2.24) is 10.2 Å². The Morgan fingerprint density at radius 1 is 1.22 bits per heavy atom. The van der Waals surface area contributed by atoms with Crippen LogP contribution in [0.1, 0.15) is 25.8 Å². The van der Waals surface area contributed by atoms with Crippen molar-refractivity contribution in [3.63, 3.8) is 0 Å². The van der Waals surface area contributed by atoms with E-state index in [9.17, 15) is 4.39 Å². The Kier molecular flexibility index (Phi) is 2.91. The highest BCUT2D eigenvalue weighted by Gasteiger charge is 2.50. The average Bonchev–Trinajstić information content (AvgIpc) is 2.58. The Hall–Kier alpha value is -0.930. The number of alkyl halides is 1. The molecule has 2 bridgehead atoms. The molecular weight excluding hydrogens is 227 g/mol. The van der Waals surface area contributed by atoms with E-state index in [1.807, 2.05) is 6.07 Å². The molecule has 0 spiro atoms. The summed E-state index contributed by atoms with van der Waals surface area (Å²) in [7, 11) is 0. The van der Waals surface area contributed by atoms with Gasteiger partial charge in [-0.3, -0.25) is 4.90 Å². The van der Waals surface area contributed by atoms with E-state index in [1.165, 1.54) is 5.56 Å². The highest BCUT2D eigenvalue weighted by atomic mass is 19.1. The second-order valence-electron chi connectivity index (χ2n) is 5.96. The van der Waals surface area contributed by atoms with E-state index >= 15 is 0 Å². The molecule has 2 heterocycles. The van der Waals surface area contributed by atoms with Gasteiger partial charge in [0.05, 0.1) is 6.04 Å². The van der Waals surface area contributed by atoms with Gasteiger partial charge in [0, 0.05) is 24.7 Å². The number of hydrogen-bond donors (Lipinski definition) is 1. The van der Waals surface area contributed by atoms with Crippen molar-refractivity contribution in [2.75, 3.05) is 13.1 Å². The predicted molar refractivity (Wildman–Crippen MR) is 71.3 cm³/mol. The van der Waals surface area contributed by atoms with E-state index in [2.05, 4.69) is 48.3 Å². The fourth-order valence-electron chi connectivity index (χ4n) is 3.65. The van der Waals surface area contributed by atoms with Crippen molar-refractivity contribution in [2.24, 2.45) is 0 Å². The smallest absolute Gasteiger partial charge is 0.118 e. The van der Waals surface area contributed by atoms with Gasteiger partial charge in [-0.05, 0) is 25.8 Å². The molecule has 0 aliphatic carbocycles. The third kappa shape index (κ3) is 1.77. The predicted octanol–water partition coefficient (Wildman–Crippen LogP) is 2.31. The van der Waals surface area contributed by atoms with Gasteiger partial charge in [0.25, 0.3) is 0 Å². The molecule has 3 rings (SSSR count). The van der Waals surface area contributed by atoms with Crippen LogP contribution in [0.25, 0.3) is 0 Å². The minimum absolute atomic E-state index is 0.0268. The Morgan fingerprint density at radius 3 is 2.61 bits per heavy atom. The molecule has 2 fully saturated rings. The summed E-state index contributed by atoms with van der Waals surface area (Å²) in [5.41, 5.74) is 1.18. The second kappa shape index (κ2) is 4.32. The third-order valence-corrected chi connectivity index (χ3v) is 4.52. The molecule has 3 heteroatoms. The molecule has 0 aromatic heterocycles. The van der Waals surface area contributed by atoms with Gasteiger partial charge in [-0.25, -0.2) is 4.39 Å². The fourth-order valence-corrected chi connectivity index (χ4v) is 3.65. The zero-order valence-electron chi connectivity index (χ0n) is 11.1. The molecular formula is C15H21FN2. The van der Waals surface area contributed by atoms with Crippen molar-refractivity contribution in [3.05, 3.63) is 35.9 Å². The van der Waals surface area contributed by atoms with Crippen LogP contribution in [0.2, 0.25) is 0 Å². The summed E-state index contributed by atoms with van der Waals surface area (Å²) in [5, 5.41) is 3.35. The fraction of sp³-hybridized carbons (Fsp3) is 0.600. The second-order valence-corrected chi connectivity index (χ2v) is 5.96. The zero-order valence-corrected chi connectivity index (χ0v) is 11.1. The van der Waals surface area contributed by atoms with Crippen molar-refractivity contribution < 1.29 is 4.39 Å². The summed E-state index contributed by atoms with van der Waals surface area (Å²) < 4.78 is 14.1. The van der Waals surface area contributed by atoms with E-state index in [0.717, 1.165) is 13.1 Å². The summed E-state index contributed by atoms with van der Waals surface area (Å²) in [6.07, 6.45) is -0.0125. The van der Waals surface area contributed by atoms with Gasteiger partial charge in [0.1, 0.15) is 6.17 Å². The minimum Gasteiger partial charge on any atom is -0.314 e. The van der Waals surface area contributed by atoms with Crippen molar-refractivity contribution in [2.45, 2.75) is 44.1 Å². The van der Waals surface area contributed by atoms with Gasteiger partial charge in [0.2, 0.25) is 0 Å². The first kappa shape index (κ1) is 12.1. The maximum absolute atomic E-state index is 14.1. The van der Waals surface area contributed by atoms with Crippen LogP contribution in [-0.4, -0.2) is 36.2 Å². The number of rotatable bonds is 2. The van der Waals surface area contributed by atoms with Crippen LogP contribution in [0, 0.1) is 0 Å². The molecule has 1 aromatic rings. The molecule has 2 aliphatic heterocycles. The molecule has 2 aliphatic rings. The van der Waals surface area contributed by atoms with Crippen LogP contribution in [0.15, 0.2) is 30.3 Å². The Bertz CT molecular complexity index is 418. The highest BCUT2D eigenvalue weighted by molar-refractivity contribution is 5.25. The Morgan fingerprint density at radius 2 is 1.94 bits per heavy atom. The number of nitrogens with one attached hydrogen (secondary N) is 1. The third-order valence-electron chi connectivity index (χ3n) is 4.52. The summed E-state index contributed by atoms with van der Waals surface area (Å²) in [5.74, 6) is 0. The molecule has 2 nitrogen and oxygen atoms in total. The number of halogens is 1. The van der Waals surface area contributed by atoms with Crippen LogP contribution in [0.3, 0.4) is 0 Å². The van der Waals surface area contributed by atoms with Gasteiger partial charge in [0.15, 0.2) is 0 Å². The lowest BCUT2D eigenvalue weighted by Crippen LogP contribution is -2.59.